The predicted molar refractivity (Wildman–Crippen MR) is 292 cm³/mol. The lowest BCUT2D eigenvalue weighted by atomic mass is 9.83. The minimum Gasteiger partial charge on any atom is -0.496 e. The van der Waals surface area contributed by atoms with E-state index in [1.54, 1.807) is 93.4 Å². The van der Waals surface area contributed by atoms with Crippen LogP contribution in [-0.4, -0.2) is 116 Å². The molecule has 18 heteroatoms. The van der Waals surface area contributed by atoms with Gasteiger partial charge in [-0.3, -0.25) is 34.1 Å². The molecule has 6 amide bonds. The molecule has 2 aliphatic heterocycles. The quantitative estimate of drug-likeness (QED) is 0.0550. The molecule has 2 heterocycles. The maximum atomic E-state index is 14.9. The zero-order chi connectivity index (χ0) is 53.3. The highest BCUT2D eigenvalue weighted by Gasteiger charge is 2.45. The second-order valence-electron chi connectivity index (χ2n) is 19.7. The summed E-state index contributed by atoms with van der Waals surface area (Å²) < 4.78 is 6.73. The minimum absolute atomic E-state index is 0.0627. The first kappa shape index (κ1) is 54.6. The summed E-state index contributed by atoms with van der Waals surface area (Å²) in [4.78, 5) is 90.1. The molecule has 0 radical (unpaired) electrons. The molecule has 5 aromatic rings. The summed E-state index contributed by atoms with van der Waals surface area (Å²) in [5.41, 5.74) is 3.23. The SMILES string of the molecule is CN[C@@H](C)C(=O)N[C@H]1CN(C(=O)c2ccc(C(O)N[C@H]3C[C@@H](C(=O)NCc4ccccc4)N(C(=O)[C@@H](NC(=O)[C@H](C)NC)C4CCCCC4)C3)cc2)c2ccccc2N(Cc2c(OC)ccc3cc(Br)ccc23)C1=O. The Balaban J connectivity index is 1.04. The number of amides is 6. The second kappa shape index (κ2) is 24.8. The molecule has 396 valence electrons. The minimum atomic E-state index is -1.27. The zero-order valence-electron chi connectivity index (χ0n) is 43.1. The second-order valence-corrected chi connectivity index (χ2v) is 20.7. The van der Waals surface area contributed by atoms with Crippen molar-refractivity contribution in [2.24, 2.45) is 5.92 Å². The summed E-state index contributed by atoms with van der Waals surface area (Å²) in [7, 11) is 4.91. The Labute approximate surface area is 446 Å². The van der Waals surface area contributed by atoms with E-state index >= 15 is 0 Å². The van der Waals surface area contributed by atoms with Crippen LogP contribution >= 0.6 is 15.9 Å². The number of carbonyl (C=O) groups is 6. The molecule has 1 saturated carbocycles. The number of anilines is 2. The van der Waals surface area contributed by atoms with Gasteiger partial charge in [0.05, 0.1) is 43.7 Å². The lowest BCUT2D eigenvalue weighted by Gasteiger charge is -2.35. The van der Waals surface area contributed by atoms with Crippen LogP contribution in [0.15, 0.2) is 114 Å². The summed E-state index contributed by atoms with van der Waals surface area (Å²) in [5, 5.41) is 31.6. The Morgan fingerprint density at radius 1 is 0.800 bits per heavy atom. The highest BCUT2D eigenvalue weighted by Crippen LogP contribution is 2.38. The van der Waals surface area contributed by atoms with Crippen molar-refractivity contribution in [1.29, 1.82) is 0 Å². The van der Waals surface area contributed by atoms with Crippen molar-refractivity contribution >= 4 is 73.5 Å². The molecule has 7 atom stereocenters. The summed E-state index contributed by atoms with van der Waals surface area (Å²) in [6, 6.07) is 28.2. The fraction of sp³-hybridized carbons (Fsp3) is 0.404. The zero-order valence-corrected chi connectivity index (χ0v) is 44.7. The molecule has 0 aromatic heterocycles. The monoisotopic (exact) mass is 1090 g/mol. The molecule has 1 aliphatic carbocycles. The standard InChI is InChI=1S/C57H68BrN9O8/c1-34(59-3)51(68)63-45-33-67(47-19-13-12-18-46(47)66(56(45)73)32-44-43-26-25-41(58)28-40(43)24-27-49(44)75-5)55(72)39-22-20-38(21-23-39)53(70)62-42-29-48(54(71)61-30-36-14-8-6-9-15-36)65(31-42)57(74)50(37-16-10-7-11-17-37)64-52(69)35(2)60-4/h6,8-9,12-15,18-28,34-35,37,42,45,48,50,53,59-60,62,70H,7,10-11,16-17,29-33H2,1-5H3,(H,61,71)(H,63,68)(H,64,69)/t34-,35-,42-,45-,48-,50-,53?/m0/s1. The van der Waals surface area contributed by atoms with Crippen LogP contribution in [0.2, 0.25) is 0 Å². The Morgan fingerprint density at radius 3 is 2.17 bits per heavy atom. The number of carbonyl (C=O) groups excluding carboxylic acids is 6. The average Bonchev–Trinajstić information content (AvgIpc) is 3.83. The molecule has 17 nitrogen and oxygen atoms in total. The van der Waals surface area contributed by atoms with Crippen molar-refractivity contribution < 1.29 is 38.6 Å². The molecule has 3 aliphatic rings. The fourth-order valence-electron chi connectivity index (χ4n) is 10.4. The number of likely N-dealkylation sites (N-methyl/N-ethyl adjacent to an activating group) is 2. The smallest absolute Gasteiger partial charge is 0.258 e. The van der Waals surface area contributed by atoms with Gasteiger partial charge >= 0.3 is 0 Å². The average molecular weight is 1090 g/mol. The maximum absolute atomic E-state index is 14.9. The number of para-hydroxylation sites is 2. The number of likely N-dealkylation sites (tertiary alicyclic amines) is 1. The lowest BCUT2D eigenvalue weighted by Crippen LogP contribution is -2.58. The van der Waals surface area contributed by atoms with Gasteiger partial charge in [-0.15, -0.1) is 0 Å². The molecule has 2 fully saturated rings. The summed E-state index contributed by atoms with van der Waals surface area (Å²) in [6.45, 7) is 3.65. The number of rotatable bonds is 18. The van der Waals surface area contributed by atoms with Crippen LogP contribution in [0.3, 0.4) is 0 Å². The first-order chi connectivity index (χ1) is 36.2. The Hall–Kier alpha value is -6.70. The number of methoxy groups -OCH3 is 1. The van der Waals surface area contributed by atoms with Gasteiger partial charge in [0, 0.05) is 34.7 Å². The van der Waals surface area contributed by atoms with Crippen LogP contribution in [0.5, 0.6) is 5.75 Å². The van der Waals surface area contributed by atoms with Gasteiger partial charge in [0.15, 0.2) is 0 Å². The molecular weight excluding hydrogens is 1020 g/mol. The molecule has 8 rings (SSSR count). The van der Waals surface area contributed by atoms with E-state index in [9.17, 15) is 33.9 Å². The van der Waals surface area contributed by atoms with Gasteiger partial charge < -0.3 is 51.1 Å². The van der Waals surface area contributed by atoms with Gasteiger partial charge in [-0.2, -0.15) is 0 Å². The molecule has 0 bridgehead atoms. The van der Waals surface area contributed by atoms with Crippen molar-refractivity contribution in [1.82, 2.24) is 36.8 Å². The van der Waals surface area contributed by atoms with Crippen LogP contribution in [0.1, 0.15) is 85.6 Å². The van der Waals surface area contributed by atoms with Gasteiger partial charge in [0.1, 0.15) is 30.1 Å². The number of halogens is 1. The third-order valence-electron chi connectivity index (χ3n) is 14.9. The van der Waals surface area contributed by atoms with Crippen molar-refractivity contribution in [2.45, 2.75) is 108 Å². The molecule has 1 unspecified atom stereocenters. The number of ether oxygens (including phenoxy) is 1. The normalized spacial score (nSPS) is 19.6. The summed E-state index contributed by atoms with van der Waals surface area (Å²) >= 11 is 3.57. The maximum Gasteiger partial charge on any atom is 0.258 e. The Bertz CT molecular complexity index is 2870. The van der Waals surface area contributed by atoms with Crippen LogP contribution in [0.4, 0.5) is 11.4 Å². The van der Waals surface area contributed by atoms with E-state index in [0.29, 0.717) is 22.7 Å². The summed E-state index contributed by atoms with van der Waals surface area (Å²) in [6.07, 6.45) is 3.40. The first-order valence-electron chi connectivity index (χ1n) is 25.8. The third kappa shape index (κ3) is 12.5. The van der Waals surface area contributed by atoms with E-state index in [4.69, 9.17) is 4.74 Å². The highest BCUT2D eigenvalue weighted by molar-refractivity contribution is 9.10. The van der Waals surface area contributed by atoms with Gasteiger partial charge in [-0.1, -0.05) is 102 Å². The van der Waals surface area contributed by atoms with E-state index in [1.807, 2.05) is 60.7 Å². The van der Waals surface area contributed by atoms with Crippen LogP contribution < -0.4 is 46.4 Å². The fourth-order valence-corrected chi connectivity index (χ4v) is 10.8. The van der Waals surface area contributed by atoms with Crippen LogP contribution in [-0.2, 0) is 37.1 Å². The van der Waals surface area contributed by atoms with Crippen LogP contribution in [0.25, 0.3) is 10.8 Å². The number of nitrogens with zero attached hydrogens (tertiary/aromatic N) is 3. The molecule has 0 spiro atoms. The van der Waals surface area contributed by atoms with Crippen molar-refractivity contribution in [3.8, 4) is 5.75 Å². The number of aliphatic hydroxyl groups excluding tert-OH is 1. The predicted octanol–water partition coefficient (Wildman–Crippen LogP) is 5.44. The number of benzene rings is 5. The number of nitrogens with one attached hydrogen (secondary N) is 6. The largest absolute Gasteiger partial charge is 0.496 e. The van der Waals surface area contributed by atoms with Gasteiger partial charge in [0.25, 0.3) is 11.8 Å². The van der Waals surface area contributed by atoms with E-state index in [0.717, 1.165) is 58.5 Å². The highest BCUT2D eigenvalue weighted by atomic mass is 79.9. The Kier molecular flexibility index (Phi) is 18.0. The molecule has 75 heavy (non-hydrogen) atoms. The molecule has 5 aromatic carbocycles. The third-order valence-corrected chi connectivity index (χ3v) is 15.4. The van der Waals surface area contributed by atoms with Crippen LogP contribution in [0, 0.1) is 5.92 Å². The number of hydrogen-bond acceptors (Lipinski definition) is 11. The number of hydrogen-bond donors (Lipinski definition) is 7. The lowest BCUT2D eigenvalue weighted by molar-refractivity contribution is -0.143. The molecular formula is C57H68BrN9O8. The van der Waals surface area contributed by atoms with Gasteiger partial charge in [0.2, 0.25) is 23.6 Å². The number of aliphatic hydroxyl groups is 1. The van der Waals surface area contributed by atoms with E-state index in [2.05, 4.69) is 47.8 Å². The molecule has 7 N–H and O–H groups in total. The van der Waals surface area contributed by atoms with Crippen molar-refractivity contribution in [3.63, 3.8) is 0 Å². The summed E-state index contributed by atoms with van der Waals surface area (Å²) in [5.74, 6) is -1.79. The van der Waals surface area contributed by atoms with E-state index in [1.165, 1.54) is 4.90 Å². The van der Waals surface area contributed by atoms with E-state index in [-0.39, 0.29) is 61.8 Å². The number of fused-ring (bicyclic) bond motifs is 2. The van der Waals surface area contributed by atoms with Crippen molar-refractivity contribution in [3.05, 3.63) is 136 Å². The van der Waals surface area contributed by atoms with Gasteiger partial charge in [-0.05, 0) is 117 Å². The van der Waals surface area contributed by atoms with Crippen molar-refractivity contribution in [2.75, 3.05) is 44.1 Å². The molecule has 1 saturated heterocycles. The first-order valence-corrected chi connectivity index (χ1v) is 26.6. The topological polar surface area (TPSA) is 214 Å². The van der Waals surface area contributed by atoms with E-state index < -0.39 is 60.2 Å². The Morgan fingerprint density at radius 2 is 1.48 bits per heavy atom. The van der Waals surface area contributed by atoms with Gasteiger partial charge in [-0.25, -0.2) is 0 Å².